The Kier molecular flexibility index (Phi) is 4.67. The lowest BCUT2D eigenvalue weighted by Gasteiger charge is -2.19. The first-order valence-corrected chi connectivity index (χ1v) is 15.6. The van der Waals surface area contributed by atoms with Gasteiger partial charge in [0.25, 0.3) is 0 Å². The van der Waals surface area contributed by atoms with Crippen molar-refractivity contribution in [2.45, 2.75) is 13.1 Å². The minimum absolute atomic E-state index is 1.24. The normalized spacial score (nSPS) is 13.5. The minimum Gasteiger partial charge on any atom is -0.316 e. The van der Waals surface area contributed by atoms with Gasteiger partial charge in [0.1, 0.15) is 8.07 Å². The smallest absolute Gasteiger partial charge is 0.113 e. The van der Waals surface area contributed by atoms with Gasteiger partial charge in [0, 0.05) is 22.8 Å². The highest BCUT2D eigenvalue weighted by Crippen LogP contribution is 2.36. The molecule has 0 saturated carbocycles. The van der Waals surface area contributed by atoms with Crippen LogP contribution >= 0.6 is 0 Å². The maximum atomic E-state index is 2.48. The van der Waals surface area contributed by atoms with Gasteiger partial charge in [-0.05, 0) is 62.5 Å². The van der Waals surface area contributed by atoms with Gasteiger partial charge in [-0.1, -0.05) is 110 Å². The first kappa shape index (κ1) is 21.2. The van der Waals surface area contributed by atoms with Crippen molar-refractivity contribution in [1.82, 2.24) is 4.57 Å². The highest BCUT2D eigenvalue weighted by atomic mass is 28.3. The van der Waals surface area contributed by atoms with E-state index < -0.39 is 8.07 Å². The highest BCUT2D eigenvalue weighted by Gasteiger charge is 2.37. The third-order valence-electron chi connectivity index (χ3n) is 7.84. The Morgan fingerprint density at radius 2 is 1.17 bits per heavy atom. The predicted octanol–water partition coefficient (Wildman–Crippen LogP) is 7.77. The summed E-state index contributed by atoms with van der Waals surface area (Å²) >= 11 is 0. The zero-order valence-corrected chi connectivity index (χ0v) is 21.6. The van der Waals surface area contributed by atoms with E-state index in [-0.39, 0.29) is 0 Å². The van der Waals surface area contributed by atoms with E-state index in [0.717, 1.165) is 0 Å². The van der Waals surface area contributed by atoms with Crippen molar-refractivity contribution in [3.63, 3.8) is 0 Å². The molecule has 1 nitrogen and oxygen atoms in total. The first-order chi connectivity index (χ1) is 17.6. The number of rotatable bonds is 3. The van der Waals surface area contributed by atoms with Gasteiger partial charge in [-0.25, -0.2) is 0 Å². The van der Waals surface area contributed by atoms with Crippen LogP contribution in [0, 0.1) is 0 Å². The fraction of sp³-hybridized carbons (Fsp3) is 0.0588. The van der Waals surface area contributed by atoms with E-state index in [1.54, 1.807) is 5.19 Å². The molecule has 0 amide bonds. The molecule has 0 fully saturated rings. The molecule has 0 spiro atoms. The average molecular weight is 478 g/mol. The fourth-order valence-electron chi connectivity index (χ4n) is 5.94. The molecule has 6 aromatic rings. The molecule has 172 valence electrons. The van der Waals surface area contributed by atoms with Gasteiger partial charge in [0.2, 0.25) is 0 Å². The zero-order chi connectivity index (χ0) is 24.3. The van der Waals surface area contributed by atoms with Crippen LogP contribution in [-0.4, -0.2) is 12.6 Å². The summed E-state index contributed by atoms with van der Waals surface area (Å²) in [5.41, 5.74) is 10.3. The van der Waals surface area contributed by atoms with Crippen molar-refractivity contribution in [1.29, 1.82) is 0 Å². The third kappa shape index (κ3) is 3.15. The van der Waals surface area contributed by atoms with Crippen LogP contribution < -0.4 is 10.4 Å². The summed E-state index contributed by atoms with van der Waals surface area (Å²) in [6.45, 7) is 4.97. The van der Waals surface area contributed by atoms with Gasteiger partial charge in [-0.15, -0.1) is 0 Å². The van der Waals surface area contributed by atoms with Crippen molar-refractivity contribution in [2.24, 2.45) is 0 Å². The van der Waals surface area contributed by atoms with E-state index in [4.69, 9.17) is 0 Å². The Morgan fingerprint density at radius 3 is 1.94 bits per heavy atom. The van der Waals surface area contributed by atoms with Crippen LogP contribution in [0.4, 0.5) is 0 Å². The molecule has 0 bridgehead atoms. The summed E-state index contributed by atoms with van der Waals surface area (Å²) in [4.78, 5) is 0. The second-order valence-corrected chi connectivity index (χ2v) is 14.6. The van der Waals surface area contributed by atoms with Crippen molar-refractivity contribution in [3.8, 4) is 39.1 Å². The van der Waals surface area contributed by atoms with Crippen LogP contribution in [0.5, 0.6) is 0 Å². The molecule has 2 heteroatoms. The monoisotopic (exact) mass is 477 g/mol. The van der Waals surface area contributed by atoms with Crippen LogP contribution in [0.3, 0.4) is 0 Å². The number of hydrogen-bond donors (Lipinski definition) is 0. The van der Waals surface area contributed by atoms with Crippen LogP contribution in [-0.2, 0) is 0 Å². The molecular formula is C34H27NSi. The maximum absolute atomic E-state index is 2.48. The molecule has 1 aliphatic heterocycles. The summed E-state index contributed by atoms with van der Waals surface area (Å²) in [5, 5.41) is 4.36. The molecular weight excluding hydrogens is 450 g/mol. The molecule has 5 aromatic carbocycles. The fourth-order valence-corrected chi connectivity index (χ4v) is 9.04. The van der Waals surface area contributed by atoms with E-state index in [1.165, 1.54) is 55.2 Å². The number of nitrogens with zero attached hydrogens (tertiary/aromatic N) is 1. The number of fused-ring (bicyclic) bond motifs is 4. The minimum atomic E-state index is -1.74. The van der Waals surface area contributed by atoms with E-state index in [1.807, 2.05) is 0 Å². The molecule has 0 atom stereocenters. The molecule has 7 rings (SSSR count). The van der Waals surface area contributed by atoms with E-state index in [9.17, 15) is 0 Å². The van der Waals surface area contributed by atoms with Gasteiger partial charge in [0.15, 0.2) is 0 Å². The quantitative estimate of drug-likeness (QED) is 0.229. The summed E-state index contributed by atoms with van der Waals surface area (Å²) in [6.07, 6.45) is 2.33. The molecule has 2 heterocycles. The molecule has 0 aliphatic carbocycles. The van der Waals surface area contributed by atoms with Gasteiger partial charge in [-0.3, -0.25) is 0 Å². The first-order valence-electron chi connectivity index (χ1n) is 12.6. The molecule has 1 aliphatic rings. The Bertz CT molecular complexity index is 1740. The van der Waals surface area contributed by atoms with Crippen LogP contribution in [0.1, 0.15) is 0 Å². The van der Waals surface area contributed by atoms with Crippen LogP contribution in [0.2, 0.25) is 13.1 Å². The number of aromatic nitrogens is 1. The lowest BCUT2D eigenvalue weighted by molar-refractivity contribution is 1.13. The van der Waals surface area contributed by atoms with Crippen molar-refractivity contribution < 1.29 is 0 Å². The van der Waals surface area contributed by atoms with E-state index in [2.05, 4.69) is 145 Å². The van der Waals surface area contributed by atoms with Crippen LogP contribution in [0.15, 0.2) is 128 Å². The summed E-state index contributed by atoms with van der Waals surface area (Å²) in [7, 11) is -1.74. The molecule has 0 unspecified atom stereocenters. The molecule has 0 saturated heterocycles. The zero-order valence-electron chi connectivity index (χ0n) is 20.6. The Labute approximate surface area is 213 Å². The summed E-state index contributed by atoms with van der Waals surface area (Å²) in [6, 6.07) is 44.4. The second kappa shape index (κ2) is 7.94. The SMILES string of the molecule is C[Si]1(C)c2ccccc2-c2ccc(-n3cc(-c4ccccc4)c4cc(-c5ccccc5)ccc43)cc21. The Hall–Kier alpha value is -4.14. The molecule has 0 radical (unpaired) electrons. The lowest BCUT2D eigenvalue weighted by Crippen LogP contribution is -2.49. The second-order valence-electron chi connectivity index (χ2n) is 10.3. The summed E-state index contributed by atoms with van der Waals surface area (Å²) < 4.78 is 2.39. The highest BCUT2D eigenvalue weighted by molar-refractivity contribution is 7.03. The van der Waals surface area contributed by atoms with Gasteiger partial charge in [-0.2, -0.15) is 0 Å². The standard InChI is InChI=1S/C34H27NSi/c1-36(2)33-16-10-9-15-28(33)29-19-18-27(22-34(29)36)35-23-31(25-13-7-4-8-14-25)30-21-26(17-20-32(30)35)24-11-5-3-6-12-24/h3-23H,1-2H3. The van der Waals surface area contributed by atoms with Crippen molar-refractivity contribution >= 4 is 29.4 Å². The average Bonchev–Trinajstić information content (AvgIpc) is 3.42. The maximum Gasteiger partial charge on any atom is 0.113 e. The largest absolute Gasteiger partial charge is 0.316 e. The van der Waals surface area contributed by atoms with Crippen LogP contribution in [0.25, 0.3) is 50.0 Å². The van der Waals surface area contributed by atoms with E-state index in [0.29, 0.717) is 0 Å². The lowest BCUT2D eigenvalue weighted by atomic mass is 10.00. The van der Waals surface area contributed by atoms with Crippen molar-refractivity contribution in [3.05, 3.63) is 128 Å². The van der Waals surface area contributed by atoms with E-state index >= 15 is 0 Å². The topological polar surface area (TPSA) is 4.93 Å². The molecule has 36 heavy (non-hydrogen) atoms. The summed E-state index contributed by atoms with van der Waals surface area (Å²) in [5.74, 6) is 0. The van der Waals surface area contributed by atoms with Crippen molar-refractivity contribution in [2.75, 3.05) is 0 Å². The third-order valence-corrected chi connectivity index (χ3v) is 11.4. The molecule has 1 aromatic heterocycles. The van der Waals surface area contributed by atoms with Gasteiger partial charge in [0.05, 0.1) is 5.52 Å². The Morgan fingerprint density at radius 1 is 0.500 bits per heavy atom. The predicted molar refractivity (Wildman–Crippen MR) is 156 cm³/mol. The van der Waals surface area contributed by atoms with Gasteiger partial charge >= 0.3 is 0 Å². The molecule has 0 N–H and O–H groups in total. The number of benzene rings is 5. The van der Waals surface area contributed by atoms with Gasteiger partial charge < -0.3 is 4.57 Å². The Balaban J connectivity index is 1.45. The number of hydrogen-bond acceptors (Lipinski definition) is 0.